The Morgan fingerprint density at radius 1 is 1.24 bits per heavy atom. The highest BCUT2D eigenvalue weighted by atomic mass is 16.5. The van der Waals surface area contributed by atoms with Crippen LogP contribution in [-0.4, -0.2) is 38.3 Å². The quantitative estimate of drug-likeness (QED) is 0.871. The molecule has 1 atom stereocenters. The lowest BCUT2D eigenvalue weighted by Gasteiger charge is -2.26. The minimum Gasteiger partial charge on any atom is -0.497 e. The first-order valence-electron chi connectivity index (χ1n) is 8.59. The van der Waals surface area contributed by atoms with Crippen LogP contribution < -0.4 is 19.7 Å². The zero-order valence-corrected chi connectivity index (χ0v) is 15.4. The molecular weight excluding hydrogens is 316 g/mol. The number of nitrogens with one attached hydrogen (secondary N) is 1. The van der Waals surface area contributed by atoms with Crippen LogP contribution in [0.4, 0.5) is 5.95 Å². The Kier molecular flexibility index (Phi) is 5.38. The Bertz CT molecular complexity index is 733. The molecule has 2 aromatic rings. The van der Waals surface area contributed by atoms with Crippen molar-refractivity contribution < 1.29 is 9.47 Å². The summed E-state index contributed by atoms with van der Waals surface area (Å²) in [6.45, 7) is 0.708. The number of benzene rings is 1. The third-order valence-electron chi connectivity index (χ3n) is 4.60. The number of aromatic nitrogens is 2. The maximum atomic E-state index is 5.47. The molecule has 0 bridgehead atoms. The van der Waals surface area contributed by atoms with E-state index in [9.17, 15) is 0 Å². The first-order chi connectivity index (χ1) is 12.1. The monoisotopic (exact) mass is 342 g/mol. The molecule has 25 heavy (non-hydrogen) atoms. The molecule has 0 spiro atoms. The molecule has 0 saturated heterocycles. The van der Waals surface area contributed by atoms with E-state index in [1.165, 1.54) is 5.56 Å². The van der Waals surface area contributed by atoms with Gasteiger partial charge >= 0.3 is 0 Å². The normalized spacial score (nSPS) is 16.2. The topological polar surface area (TPSA) is 59.5 Å². The van der Waals surface area contributed by atoms with Crippen molar-refractivity contribution in [3.05, 3.63) is 41.2 Å². The van der Waals surface area contributed by atoms with Crippen molar-refractivity contribution in [2.45, 2.75) is 31.8 Å². The summed E-state index contributed by atoms with van der Waals surface area (Å²) in [7, 11) is 7.30. The van der Waals surface area contributed by atoms with Gasteiger partial charge in [-0.3, -0.25) is 0 Å². The van der Waals surface area contributed by atoms with E-state index < -0.39 is 0 Å². The molecule has 1 aromatic carbocycles. The molecule has 1 N–H and O–H groups in total. The van der Waals surface area contributed by atoms with Gasteiger partial charge in [0.15, 0.2) is 0 Å². The van der Waals surface area contributed by atoms with E-state index in [-0.39, 0.29) is 6.04 Å². The van der Waals surface area contributed by atoms with Crippen molar-refractivity contribution in [3.8, 4) is 11.5 Å². The number of anilines is 1. The van der Waals surface area contributed by atoms with Crippen LogP contribution in [0.1, 0.15) is 35.7 Å². The number of hydrogen-bond acceptors (Lipinski definition) is 6. The van der Waals surface area contributed by atoms with E-state index in [0.717, 1.165) is 48.0 Å². The lowest BCUT2D eigenvalue weighted by Crippen LogP contribution is -2.27. The molecular formula is C19H26N4O2. The maximum absolute atomic E-state index is 5.47. The second-order valence-corrected chi connectivity index (χ2v) is 6.47. The molecule has 0 aliphatic heterocycles. The molecule has 1 aromatic heterocycles. The Hall–Kier alpha value is -2.34. The van der Waals surface area contributed by atoms with Crippen molar-refractivity contribution in [2.75, 3.05) is 33.2 Å². The summed E-state index contributed by atoms with van der Waals surface area (Å²) in [5, 5.41) is 3.64. The summed E-state index contributed by atoms with van der Waals surface area (Å²) in [4.78, 5) is 11.1. The standard InChI is InChI=1S/C19H26N4O2/c1-23(2)19-21-12-15-16(6-5-7-17(15)22-19)20-11-13-10-14(24-3)8-9-18(13)25-4/h8-10,12,16,20H,5-7,11H2,1-4H3. The zero-order chi connectivity index (χ0) is 17.8. The van der Waals surface area contributed by atoms with Crippen LogP contribution in [0.25, 0.3) is 0 Å². The van der Waals surface area contributed by atoms with Crippen LogP contribution in [-0.2, 0) is 13.0 Å². The minimum absolute atomic E-state index is 0.260. The number of nitrogens with zero attached hydrogens (tertiary/aromatic N) is 3. The van der Waals surface area contributed by atoms with Crippen molar-refractivity contribution in [3.63, 3.8) is 0 Å². The van der Waals surface area contributed by atoms with Gasteiger partial charge in [-0.1, -0.05) is 0 Å². The Balaban J connectivity index is 1.77. The van der Waals surface area contributed by atoms with Gasteiger partial charge < -0.3 is 19.7 Å². The van der Waals surface area contributed by atoms with Gasteiger partial charge in [0.1, 0.15) is 11.5 Å². The molecule has 1 heterocycles. The van der Waals surface area contributed by atoms with E-state index in [2.05, 4.69) is 10.3 Å². The van der Waals surface area contributed by atoms with Crippen LogP contribution in [0.2, 0.25) is 0 Å². The highest BCUT2D eigenvalue weighted by Gasteiger charge is 2.22. The zero-order valence-electron chi connectivity index (χ0n) is 15.4. The van der Waals surface area contributed by atoms with Gasteiger partial charge in [-0.05, 0) is 37.5 Å². The molecule has 0 fully saturated rings. The number of fused-ring (bicyclic) bond motifs is 1. The van der Waals surface area contributed by atoms with Crippen molar-refractivity contribution in [2.24, 2.45) is 0 Å². The molecule has 6 nitrogen and oxygen atoms in total. The fourth-order valence-electron chi connectivity index (χ4n) is 3.22. The molecule has 1 aliphatic carbocycles. The van der Waals surface area contributed by atoms with Gasteiger partial charge in [-0.15, -0.1) is 0 Å². The van der Waals surface area contributed by atoms with E-state index in [1.807, 2.05) is 43.4 Å². The van der Waals surface area contributed by atoms with Crippen LogP contribution in [0.3, 0.4) is 0 Å². The molecule has 3 rings (SSSR count). The van der Waals surface area contributed by atoms with Crippen LogP contribution in [0.5, 0.6) is 11.5 Å². The van der Waals surface area contributed by atoms with Gasteiger partial charge in [-0.25, -0.2) is 9.97 Å². The number of aryl methyl sites for hydroxylation is 1. The molecule has 6 heteroatoms. The minimum atomic E-state index is 0.260. The largest absolute Gasteiger partial charge is 0.497 e. The third-order valence-corrected chi connectivity index (χ3v) is 4.60. The molecule has 0 amide bonds. The first kappa shape index (κ1) is 17.5. The van der Waals surface area contributed by atoms with E-state index in [1.54, 1.807) is 14.2 Å². The lowest BCUT2D eigenvalue weighted by atomic mass is 9.92. The van der Waals surface area contributed by atoms with E-state index in [4.69, 9.17) is 14.5 Å². The third kappa shape index (κ3) is 3.85. The number of methoxy groups -OCH3 is 2. The van der Waals surface area contributed by atoms with Crippen LogP contribution in [0, 0.1) is 0 Å². The molecule has 1 unspecified atom stereocenters. The van der Waals surface area contributed by atoms with E-state index in [0.29, 0.717) is 6.54 Å². The molecule has 0 saturated carbocycles. The van der Waals surface area contributed by atoms with Gasteiger partial charge in [-0.2, -0.15) is 0 Å². The van der Waals surface area contributed by atoms with Crippen LogP contribution >= 0.6 is 0 Å². The van der Waals surface area contributed by atoms with Crippen molar-refractivity contribution >= 4 is 5.95 Å². The predicted molar refractivity (Wildman–Crippen MR) is 98.4 cm³/mol. The fraction of sp³-hybridized carbons (Fsp3) is 0.474. The van der Waals surface area contributed by atoms with Gasteiger partial charge in [0.05, 0.1) is 19.9 Å². The predicted octanol–water partition coefficient (Wildman–Crippen LogP) is 2.73. The number of rotatable bonds is 6. The van der Waals surface area contributed by atoms with Gasteiger partial charge in [0.2, 0.25) is 5.95 Å². The second-order valence-electron chi connectivity index (χ2n) is 6.47. The SMILES string of the molecule is COc1ccc(OC)c(CNC2CCCc3nc(N(C)C)ncc32)c1. The van der Waals surface area contributed by atoms with Gasteiger partial charge in [0.25, 0.3) is 0 Å². The lowest BCUT2D eigenvalue weighted by molar-refractivity contribution is 0.391. The highest BCUT2D eigenvalue weighted by Crippen LogP contribution is 2.30. The van der Waals surface area contributed by atoms with Crippen molar-refractivity contribution in [1.82, 2.24) is 15.3 Å². The summed E-state index contributed by atoms with van der Waals surface area (Å²) < 4.78 is 10.8. The van der Waals surface area contributed by atoms with Crippen molar-refractivity contribution in [1.29, 1.82) is 0 Å². The van der Waals surface area contributed by atoms with Gasteiger partial charge in [0, 0.05) is 44.0 Å². The van der Waals surface area contributed by atoms with Crippen LogP contribution in [0.15, 0.2) is 24.4 Å². The highest BCUT2D eigenvalue weighted by molar-refractivity contribution is 5.40. The summed E-state index contributed by atoms with van der Waals surface area (Å²) >= 11 is 0. The first-order valence-corrected chi connectivity index (χ1v) is 8.59. The summed E-state index contributed by atoms with van der Waals surface area (Å²) in [6, 6.07) is 6.13. The Labute approximate surface area is 149 Å². The molecule has 134 valence electrons. The fourth-order valence-corrected chi connectivity index (χ4v) is 3.22. The Morgan fingerprint density at radius 3 is 2.80 bits per heavy atom. The van der Waals surface area contributed by atoms with E-state index >= 15 is 0 Å². The Morgan fingerprint density at radius 2 is 2.08 bits per heavy atom. The molecule has 1 aliphatic rings. The molecule has 0 radical (unpaired) electrons. The summed E-state index contributed by atoms with van der Waals surface area (Å²) in [5.74, 6) is 2.47. The second kappa shape index (κ2) is 7.70. The smallest absolute Gasteiger partial charge is 0.225 e. The average molecular weight is 342 g/mol. The summed E-state index contributed by atoms with van der Waals surface area (Å²) in [5.41, 5.74) is 3.44. The average Bonchev–Trinajstić information content (AvgIpc) is 2.65. The number of ether oxygens (including phenoxy) is 2. The maximum Gasteiger partial charge on any atom is 0.225 e. The summed E-state index contributed by atoms with van der Waals surface area (Å²) in [6.07, 6.45) is 5.20. The number of hydrogen-bond donors (Lipinski definition) is 1.